The van der Waals surface area contributed by atoms with E-state index in [2.05, 4.69) is 39.5 Å². The molecule has 0 saturated heterocycles. The highest BCUT2D eigenvalue weighted by Crippen LogP contribution is 2.47. The van der Waals surface area contributed by atoms with Crippen molar-refractivity contribution in [2.24, 2.45) is 0 Å². The van der Waals surface area contributed by atoms with Gasteiger partial charge in [-0.2, -0.15) is 0 Å². The molecule has 2 heterocycles. The molecule has 124 valence electrons. The maximum absolute atomic E-state index is 12.3. The van der Waals surface area contributed by atoms with Gasteiger partial charge in [0.05, 0.1) is 23.3 Å². The van der Waals surface area contributed by atoms with Crippen LogP contribution in [0.25, 0.3) is 0 Å². The quantitative estimate of drug-likeness (QED) is 0.742. The fourth-order valence-corrected chi connectivity index (χ4v) is 3.99. The first-order valence-corrected chi connectivity index (χ1v) is 8.96. The Hall–Kier alpha value is -2.79. The number of nitrogens with zero attached hydrogens (tertiary/aromatic N) is 2. The number of pyridine rings is 1. The van der Waals surface area contributed by atoms with Crippen molar-refractivity contribution in [3.05, 3.63) is 73.1 Å². The van der Waals surface area contributed by atoms with Gasteiger partial charge in [-0.3, -0.25) is 9.78 Å². The molecule has 4 nitrogen and oxygen atoms in total. The molecule has 0 spiro atoms. The van der Waals surface area contributed by atoms with Gasteiger partial charge in [-0.25, -0.2) is 0 Å². The number of benzene rings is 2. The Bertz CT molecular complexity index is 853. The van der Waals surface area contributed by atoms with Gasteiger partial charge in [0.15, 0.2) is 0 Å². The topological polar surface area (TPSA) is 45.2 Å². The third-order valence-corrected chi connectivity index (χ3v) is 5.17. The van der Waals surface area contributed by atoms with Crippen molar-refractivity contribution in [1.82, 2.24) is 4.98 Å². The van der Waals surface area contributed by atoms with Crippen molar-refractivity contribution in [3.8, 4) is 0 Å². The van der Waals surface area contributed by atoms with E-state index in [1.165, 1.54) is 9.79 Å². The van der Waals surface area contributed by atoms with Crippen molar-refractivity contribution >= 4 is 34.7 Å². The van der Waals surface area contributed by atoms with Gasteiger partial charge in [-0.15, -0.1) is 0 Å². The molecule has 3 aromatic rings. The molecule has 1 amide bonds. The molecular weight excluding hydrogens is 330 g/mol. The molecule has 0 unspecified atom stereocenters. The lowest BCUT2D eigenvalue weighted by Crippen LogP contribution is -2.25. The van der Waals surface area contributed by atoms with Crippen LogP contribution < -0.4 is 10.2 Å². The number of carbonyl (C=O) groups excluding carboxylic acids is 1. The van der Waals surface area contributed by atoms with Crippen molar-refractivity contribution in [1.29, 1.82) is 0 Å². The maximum atomic E-state index is 12.3. The molecule has 0 saturated carbocycles. The van der Waals surface area contributed by atoms with E-state index < -0.39 is 0 Å². The minimum Gasteiger partial charge on any atom is -0.339 e. The first-order valence-electron chi connectivity index (χ1n) is 8.14. The zero-order valence-corrected chi connectivity index (χ0v) is 14.4. The first-order chi connectivity index (χ1) is 12.3. The Morgan fingerprint density at radius 2 is 1.64 bits per heavy atom. The summed E-state index contributed by atoms with van der Waals surface area (Å²) >= 11 is 1.77. The molecular formula is C20H17N3OS. The molecule has 0 atom stereocenters. The van der Waals surface area contributed by atoms with Crippen LogP contribution in [0.4, 0.5) is 17.1 Å². The van der Waals surface area contributed by atoms with E-state index in [-0.39, 0.29) is 5.91 Å². The van der Waals surface area contributed by atoms with E-state index in [9.17, 15) is 4.79 Å². The standard InChI is InChI=1S/C20H17N3OS/c24-20(22-15-6-5-12-21-14-15)11-13-23-16-7-1-3-9-18(16)25-19-10-4-2-8-17(19)23/h1-10,12,14H,11,13H2,(H,22,24). The summed E-state index contributed by atoms with van der Waals surface area (Å²) in [6, 6.07) is 20.3. The molecule has 25 heavy (non-hydrogen) atoms. The zero-order valence-electron chi connectivity index (χ0n) is 13.6. The van der Waals surface area contributed by atoms with Crippen molar-refractivity contribution in [2.45, 2.75) is 16.2 Å². The maximum Gasteiger partial charge on any atom is 0.226 e. The minimum atomic E-state index is -0.0128. The van der Waals surface area contributed by atoms with Crippen molar-refractivity contribution < 1.29 is 4.79 Å². The van der Waals surface area contributed by atoms with Gasteiger partial charge in [-0.05, 0) is 36.4 Å². The number of amides is 1. The van der Waals surface area contributed by atoms with E-state index in [4.69, 9.17) is 0 Å². The third-order valence-electron chi connectivity index (χ3n) is 4.04. The molecule has 0 radical (unpaired) electrons. The van der Waals surface area contributed by atoms with Gasteiger partial charge < -0.3 is 10.2 Å². The molecule has 1 aliphatic heterocycles. The van der Waals surface area contributed by atoms with Crippen molar-refractivity contribution in [2.75, 3.05) is 16.8 Å². The van der Waals surface area contributed by atoms with Crippen LogP contribution in [0.5, 0.6) is 0 Å². The van der Waals surface area contributed by atoms with Crippen LogP contribution in [0.1, 0.15) is 6.42 Å². The normalized spacial score (nSPS) is 12.2. The number of anilines is 3. The Kier molecular flexibility index (Phi) is 4.39. The molecule has 1 N–H and O–H groups in total. The van der Waals surface area contributed by atoms with E-state index in [1.807, 2.05) is 36.4 Å². The fraction of sp³-hybridized carbons (Fsp3) is 0.100. The fourth-order valence-electron chi connectivity index (χ4n) is 2.90. The average molecular weight is 347 g/mol. The van der Waals surface area contributed by atoms with Crippen LogP contribution in [0.3, 0.4) is 0 Å². The van der Waals surface area contributed by atoms with Crippen molar-refractivity contribution in [3.63, 3.8) is 0 Å². The minimum absolute atomic E-state index is 0.0128. The number of para-hydroxylation sites is 2. The molecule has 2 aromatic carbocycles. The first kappa shape index (κ1) is 15.7. The molecule has 1 aliphatic rings. The largest absolute Gasteiger partial charge is 0.339 e. The zero-order chi connectivity index (χ0) is 17.1. The number of nitrogens with one attached hydrogen (secondary N) is 1. The molecule has 1 aromatic heterocycles. The van der Waals surface area contributed by atoms with Gasteiger partial charge in [0.2, 0.25) is 5.91 Å². The predicted octanol–water partition coefficient (Wildman–Crippen LogP) is 4.71. The lowest BCUT2D eigenvalue weighted by molar-refractivity contribution is -0.116. The number of fused-ring (bicyclic) bond motifs is 2. The second kappa shape index (κ2) is 6.99. The number of rotatable bonds is 4. The summed E-state index contributed by atoms with van der Waals surface area (Å²) in [6.07, 6.45) is 3.75. The van der Waals surface area contributed by atoms with Crippen LogP contribution in [0.15, 0.2) is 82.8 Å². The molecule has 0 bridgehead atoms. The number of aromatic nitrogens is 1. The lowest BCUT2D eigenvalue weighted by atomic mass is 10.2. The monoisotopic (exact) mass is 347 g/mol. The second-order valence-corrected chi connectivity index (χ2v) is 6.81. The molecule has 4 rings (SSSR count). The van der Waals surface area contributed by atoms with Crippen LogP contribution >= 0.6 is 11.8 Å². The summed E-state index contributed by atoms with van der Waals surface area (Å²) in [5.41, 5.74) is 3.03. The summed E-state index contributed by atoms with van der Waals surface area (Å²) in [4.78, 5) is 21.0. The van der Waals surface area contributed by atoms with Crippen LogP contribution in [0.2, 0.25) is 0 Å². The summed E-state index contributed by atoms with van der Waals surface area (Å²) in [5.74, 6) is -0.0128. The smallest absolute Gasteiger partial charge is 0.226 e. The Labute approximate surface area is 150 Å². The van der Waals surface area contributed by atoms with E-state index in [0.717, 1.165) is 17.1 Å². The van der Waals surface area contributed by atoms with Gasteiger partial charge in [-0.1, -0.05) is 36.0 Å². The summed E-state index contributed by atoms with van der Waals surface area (Å²) in [7, 11) is 0. The average Bonchev–Trinajstić information content (AvgIpc) is 2.66. The molecule has 0 aliphatic carbocycles. The molecule has 0 fully saturated rings. The van der Waals surface area contributed by atoms with E-state index in [1.54, 1.807) is 24.2 Å². The van der Waals surface area contributed by atoms with Crippen LogP contribution in [-0.2, 0) is 4.79 Å². The van der Waals surface area contributed by atoms with Crippen LogP contribution in [0, 0.1) is 0 Å². The highest BCUT2D eigenvalue weighted by atomic mass is 32.2. The highest BCUT2D eigenvalue weighted by molar-refractivity contribution is 7.99. The van der Waals surface area contributed by atoms with Gasteiger partial charge in [0, 0.05) is 29.0 Å². The number of hydrogen-bond donors (Lipinski definition) is 1. The predicted molar refractivity (Wildman–Crippen MR) is 101 cm³/mol. The van der Waals surface area contributed by atoms with Gasteiger partial charge in [0.25, 0.3) is 0 Å². The van der Waals surface area contributed by atoms with Gasteiger partial charge in [0.1, 0.15) is 0 Å². The Morgan fingerprint density at radius 3 is 2.28 bits per heavy atom. The second-order valence-electron chi connectivity index (χ2n) is 5.73. The SMILES string of the molecule is O=C(CCN1c2ccccc2Sc2ccccc21)Nc1cccnc1. The summed E-state index contributed by atoms with van der Waals surface area (Å²) in [6.45, 7) is 0.626. The summed E-state index contributed by atoms with van der Waals surface area (Å²) in [5, 5.41) is 2.90. The van der Waals surface area contributed by atoms with Crippen LogP contribution in [-0.4, -0.2) is 17.4 Å². The number of carbonyl (C=O) groups is 1. The number of hydrogen-bond acceptors (Lipinski definition) is 4. The van der Waals surface area contributed by atoms with Gasteiger partial charge >= 0.3 is 0 Å². The molecule has 5 heteroatoms. The summed E-state index contributed by atoms with van der Waals surface area (Å²) < 4.78 is 0. The van der Waals surface area contributed by atoms with E-state index in [0.29, 0.717) is 13.0 Å². The third kappa shape index (κ3) is 3.37. The Balaban J connectivity index is 1.53. The lowest BCUT2D eigenvalue weighted by Gasteiger charge is -2.32. The highest BCUT2D eigenvalue weighted by Gasteiger charge is 2.23. The van der Waals surface area contributed by atoms with E-state index >= 15 is 0 Å². The Morgan fingerprint density at radius 1 is 0.960 bits per heavy atom.